The van der Waals surface area contributed by atoms with Gasteiger partial charge in [-0.1, -0.05) is 13.0 Å². The van der Waals surface area contributed by atoms with E-state index in [9.17, 15) is 14.4 Å². The molecule has 5 nitrogen and oxygen atoms in total. The Balaban J connectivity index is 1.92. The van der Waals surface area contributed by atoms with Crippen LogP contribution in [-0.2, 0) is 9.53 Å². The highest BCUT2D eigenvalue weighted by Crippen LogP contribution is 2.13. The van der Waals surface area contributed by atoms with Gasteiger partial charge in [0.05, 0.1) is 5.56 Å². The van der Waals surface area contributed by atoms with Crippen LogP contribution in [0.5, 0.6) is 0 Å². The third-order valence-corrected chi connectivity index (χ3v) is 4.04. The summed E-state index contributed by atoms with van der Waals surface area (Å²) in [6.45, 7) is 5.48. The zero-order chi connectivity index (χ0) is 19.1. The van der Waals surface area contributed by atoms with Crippen LogP contribution >= 0.6 is 0 Å². The Morgan fingerprint density at radius 2 is 1.58 bits per heavy atom. The number of ether oxygens (including phenoxy) is 1. The second-order valence-electron chi connectivity index (χ2n) is 6.17. The molecule has 26 heavy (non-hydrogen) atoms. The molecule has 0 unspecified atom stereocenters. The third-order valence-electron chi connectivity index (χ3n) is 4.04. The van der Waals surface area contributed by atoms with Gasteiger partial charge in [0.1, 0.15) is 0 Å². The minimum atomic E-state index is -0.523. The highest BCUT2D eigenvalue weighted by atomic mass is 16.5. The molecule has 0 aliphatic carbocycles. The molecule has 1 amide bonds. The summed E-state index contributed by atoms with van der Waals surface area (Å²) in [6, 6.07) is 11.8. The van der Waals surface area contributed by atoms with Crippen LogP contribution in [0, 0.1) is 13.8 Å². The lowest BCUT2D eigenvalue weighted by atomic mass is 10.1. The van der Waals surface area contributed by atoms with Crippen molar-refractivity contribution in [1.29, 1.82) is 0 Å². The average Bonchev–Trinajstić information content (AvgIpc) is 2.62. The molecule has 0 bridgehead atoms. The van der Waals surface area contributed by atoms with Crippen molar-refractivity contribution < 1.29 is 19.1 Å². The smallest absolute Gasteiger partial charge is 0.338 e. The first kappa shape index (κ1) is 19.4. The van der Waals surface area contributed by atoms with E-state index < -0.39 is 5.97 Å². The van der Waals surface area contributed by atoms with Gasteiger partial charge >= 0.3 is 5.97 Å². The number of ketones is 1. The van der Waals surface area contributed by atoms with Gasteiger partial charge in [-0.05, 0) is 67.8 Å². The SMILES string of the molecule is CCCC(=O)Nc1ccc(C(=O)COC(=O)c2ccc(C)c(C)c2)cc1. The number of carbonyl (C=O) groups excluding carboxylic acids is 3. The second-order valence-corrected chi connectivity index (χ2v) is 6.17. The fourth-order valence-electron chi connectivity index (χ4n) is 2.36. The minimum Gasteiger partial charge on any atom is -0.454 e. The van der Waals surface area contributed by atoms with Gasteiger partial charge in [-0.15, -0.1) is 0 Å². The number of hydrogen-bond acceptors (Lipinski definition) is 4. The van der Waals surface area contributed by atoms with Gasteiger partial charge in [-0.3, -0.25) is 9.59 Å². The number of esters is 1. The lowest BCUT2D eigenvalue weighted by molar-refractivity contribution is -0.116. The largest absolute Gasteiger partial charge is 0.454 e. The summed E-state index contributed by atoms with van der Waals surface area (Å²) in [5.41, 5.74) is 3.56. The van der Waals surface area contributed by atoms with Gasteiger partial charge in [-0.2, -0.15) is 0 Å². The number of anilines is 1. The molecule has 0 radical (unpaired) electrons. The van der Waals surface area contributed by atoms with E-state index in [0.29, 0.717) is 23.2 Å². The molecule has 0 spiro atoms. The molecule has 0 saturated heterocycles. The molecule has 1 N–H and O–H groups in total. The highest BCUT2D eigenvalue weighted by Gasteiger charge is 2.12. The Bertz CT molecular complexity index is 809. The summed E-state index contributed by atoms with van der Waals surface area (Å²) in [5.74, 6) is -0.882. The van der Waals surface area contributed by atoms with Gasteiger partial charge < -0.3 is 10.1 Å². The Labute approximate surface area is 153 Å². The van der Waals surface area contributed by atoms with Gasteiger partial charge in [-0.25, -0.2) is 4.79 Å². The monoisotopic (exact) mass is 353 g/mol. The molecule has 2 aromatic rings. The van der Waals surface area contributed by atoms with Crippen molar-refractivity contribution in [2.24, 2.45) is 0 Å². The molecule has 0 aliphatic heterocycles. The van der Waals surface area contributed by atoms with Crippen molar-refractivity contribution in [3.63, 3.8) is 0 Å². The van der Waals surface area contributed by atoms with Crippen molar-refractivity contribution >= 4 is 23.3 Å². The standard InChI is InChI=1S/C21H23NO4/c1-4-5-20(24)22-18-10-8-16(9-11-18)19(23)13-26-21(25)17-7-6-14(2)15(3)12-17/h6-12H,4-5,13H2,1-3H3,(H,22,24). The average molecular weight is 353 g/mol. The molecule has 0 aliphatic rings. The maximum absolute atomic E-state index is 12.2. The zero-order valence-electron chi connectivity index (χ0n) is 15.3. The summed E-state index contributed by atoms with van der Waals surface area (Å²) in [6.07, 6.45) is 1.23. The van der Waals surface area contributed by atoms with Crippen LogP contribution < -0.4 is 5.32 Å². The predicted octanol–water partition coefficient (Wildman–Crippen LogP) is 4.08. The topological polar surface area (TPSA) is 72.5 Å². The molecule has 2 aromatic carbocycles. The minimum absolute atomic E-state index is 0.0612. The molecular formula is C21H23NO4. The molecule has 0 aromatic heterocycles. The van der Waals surface area contributed by atoms with E-state index in [1.165, 1.54) is 0 Å². The van der Waals surface area contributed by atoms with E-state index in [0.717, 1.165) is 17.5 Å². The number of carbonyl (C=O) groups is 3. The molecule has 0 atom stereocenters. The Kier molecular flexibility index (Phi) is 6.67. The van der Waals surface area contributed by atoms with Gasteiger partial charge in [0.25, 0.3) is 0 Å². The fourth-order valence-corrected chi connectivity index (χ4v) is 2.36. The van der Waals surface area contributed by atoms with E-state index in [2.05, 4.69) is 5.32 Å². The predicted molar refractivity (Wildman–Crippen MR) is 101 cm³/mol. The Morgan fingerprint density at radius 3 is 2.19 bits per heavy atom. The first-order chi connectivity index (χ1) is 12.4. The maximum Gasteiger partial charge on any atom is 0.338 e. The van der Waals surface area contributed by atoms with Crippen LogP contribution in [0.4, 0.5) is 5.69 Å². The molecule has 2 rings (SSSR count). The van der Waals surface area contributed by atoms with Gasteiger partial charge in [0, 0.05) is 17.7 Å². The normalized spacial score (nSPS) is 10.3. The lowest BCUT2D eigenvalue weighted by Gasteiger charge is -2.08. The van der Waals surface area contributed by atoms with Crippen LogP contribution in [0.25, 0.3) is 0 Å². The van der Waals surface area contributed by atoms with E-state index in [1.54, 1.807) is 36.4 Å². The van der Waals surface area contributed by atoms with Crippen LogP contribution in [0.15, 0.2) is 42.5 Å². The zero-order valence-corrected chi connectivity index (χ0v) is 15.3. The molecule has 136 valence electrons. The third kappa shape index (κ3) is 5.28. The Hall–Kier alpha value is -2.95. The number of rotatable bonds is 7. The summed E-state index contributed by atoms with van der Waals surface area (Å²) in [4.78, 5) is 35.8. The van der Waals surface area contributed by atoms with Crippen LogP contribution in [-0.4, -0.2) is 24.3 Å². The van der Waals surface area contributed by atoms with Crippen molar-refractivity contribution in [3.05, 3.63) is 64.7 Å². The number of benzene rings is 2. The van der Waals surface area contributed by atoms with E-state index in [4.69, 9.17) is 4.74 Å². The summed E-state index contributed by atoms with van der Waals surface area (Å²) >= 11 is 0. The summed E-state index contributed by atoms with van der Waals surface area (Å²) in [5, 5.41) is 2.75. The van der Waals surface area contributed by atoms with Crippen LogP contribution in [0.3, 0.4) is 0 Å². The van der Waals surface area contributed by atoms with Crippen LogP contribution in [0.2, 0.25) is 0 Å². The van der Waals surface area contributed by atoms with Gasteiger partial charge in [0.15, 0.2) is 12.4 Å². The maximum atomic E-state index is 12.2. The first-order valence-corrected chi connectivity index (χ1v) is 8.58. The first-order valence-electron chi connectivity index (χ1n) is 8.58. The fraction of sp³-hybridized carbons (Fsp3) is 0.286. The molecule has 0 heterocycles. The summed E-state index contributed by atoms with van der Waals surface area (Å²) in [7, 11) is 0. The van der Waals surface area contributed by atoms with E-state index >= 15 is 0 Å². The Morgan fingerprint density at radius 1 is 0.923 bits per heavy atom. The van der Waals surface area contributed by atoms with Crippen molar-refractivity contribution in [1.82, 2.24) is 0 Å². The van der Waals surface area contributed by atoms with Crippen molar-refractivity contribution in [2.45, 2.75) is 33.6 Å². The molecule has 5 heteroatoms. The highest BCUT2D eigenvalue weighted by molar-refractivity contribution is 6.00. The molecule has 0 fully saturated rings. The number of amides is 1. The van der Waals surface area contributed by atoms with Crippen LogP contribution in [0.1, 0.15) is 51.6 Å². The second kappa shape index (κ2) is 8.94. The quantitative estimate of drug-likeness (QED) is 0.601. The number of aryl methyl sites for hydroxylation is 2. The van der Waals surface area contributed by atoms with Crippen molar-refractivity contribution in [3.8, 4) is 0 Å². The van der Waals surface area contributed by atoms with E-state index in [1.807, 2.05) is 26.8 Å². The summed E-state index contributed by atoms with van der Waals surface area (Å²) < 4.78 is 5.11. The lowest BCUT2D eigenvalue weighted by Crippen LogP contribution is -2.15. The molecule has 0 saturated carbocycles. The number of hydrogen-bond donors (Lipinski definition) is 1. The molecular weight excluding hydrogens is 330 g/mol. The van der Waals surface area contributed by atoms with Crippen molar-refractivity contribution in [2.75, 3.05) is 11.9 Å². The number of Topliss-reactive ketones (excluding diaryl/α,β-unsaturated/α-hetero) is 1. The van der Waals surface area contributed by atoms with Gasteiger partial charge in [0.2, 0.25) is 5.91 Å². The van der Waals surface area contributed by atoms with E-state index in [-0.39, 0.29) is 18.3 Å². The number of nitrogens with one attached hydrogen (secondary N) is 1.